The second-order valence-corrected chi connectivity index (χ2v) is 9.45. The first kappa shape index (κ1) is 22.6. The number of ether oxygens (including phenoxy) is 2. The zero-order chi connectivity index (χ0) is 20.9. The molecular formula is C24H33O3P. The smallest absolute Gasteiger partial charge is 0.186 e. The SMILES string of the molecule is CCOCCOc1ccc(PC(=O)c2c(C)cc(C(C)(C)C)cc2C)c(C)c1. The molecule has 1 atom stereocenters. The fourth-order valence-electron chi connectivity index (χ4n) is 3.17. The molecule has 0 heterocycles. The summed E-state index contributed by atoms with van der Waals surface area (Å²) in [6, 6.07) is 10.3. The standard InChI is InChI=1S/C24H33O3P/c1-8-26-11-12-27-20-9-10-21(16(2)15-20)28-23(25)22-17(3)13-19(14-18(22)4)24(5,6)7/h9-10,13-15,28H,8,11-12H2,1-7H3. The van der Waals surface area contributed by atoms with E-state index in [1.165, 1.54) is 5.56 Å². The van der Waals surface area contributed by atoms with E-state index in [9.17, 15) is 4.79 Å². The summed E-state index contributed by atoms with van der Waals surface area (Å²) in [5.41, 5.74) is 5.63. The van der Waals surface area contributed by atoms with Crippen molar-refractivity contribution in [3.05, 3.63) is 58.1 Å². The Morgan fingerprint density at radius 2 is 1.61 bits per heavy atom. The maximum atomic E-state index is 13.1. The minimum absolute atomic E-state index is 0.0774. The van der Waals surface area contributed by atoms with E-state index in [1.807, 2.05) is 45.9 Å². The molecule has 1 unspecified atom stereocenters. The van der Waals surface area contributed by atoms with Gasteiger partial charge in [0.25, 0.3) is 0 Å². The van der Waals surface area contributed by atoms with Gasteiger partial charge in [-0.05, 0) is 81.4 Å². The molecule has 2 aromatic rings. The van der Waals surface area contributed by atoms with Gasteiger partial charge in [0.05, 0.1) is 6.61 Å². The average Bonchev–Trinajstić information content (AvgIpc) is 2.59. The molecule has 0 radical (unpaired) electrons. The number of rotatable bonds is 8. The van der Waals surface area contributed by atoms with Gasteiger partial charge in [-0.1, -0.05) is 39.0 Å². The highest BCUT2D eigenvalue weighted by Gasteiger charge is 2.20. The summed E-state index contributed by atoms with van der Waals surface area (Å²) < 4.78 is 11.0. The number of carbonyl (C=O) groups excluding carboxylic acids is 1. The van der Waals surface area contributed by atoms with Crippen molar-refractivity contribution in [3.63, 3.8) is 0 Å². The zero-order valence-corrected chi connectivity index (χ0v) is 19.2. The fourth-order valence-corrected chi connectivity index (χ4v) is 4.37. The number of carbonyl (C=O) groups is 1. The van der Waals surface area contributed by atoms with Gasteiger partial charge in [0.2, 0.25) is 0 Å². The zero-order valence-electron chi connectivity index (χ0n) is 18.2. The number of hydrogen-bond donors (Lipinski definition) is 0. The molecule has 0 spiro atoms. The van der Waals surface area contributed by atoms with Crippen molar-refractivity contribution >= 4 is 19.4 Å². The number of benzene rings is 2. The van der Waals surface area contributed by atoms with E-state index in [0.717, 1.165) is 33.3 Å². The van der Waals surface area contributed by atoms with Crippen molar-refractivity contribution in [2.24, 2.45) is 0 Å². The molecule has 2 rings (SSSR count). The van der Waals surface area contributed by atoms with E-state index in [4.69, 9.17) is 9.47 Å². The Morgan fingerprint density at radius 3 is 2.14 bits per heavy atom. The van der Waals surface area contributed by atoms with Crippen molar-refractivity contribution in [1.29, 1.82) is 0 Å². The second kappa shape index (κ2) is 9.67. The molecule has 2 aromatic carbocycles. The monoisotopic (exact) mass is 400 g/mol. The third kappa shape index (κ3) is 5.90. The van der Waals surface area contributed by atoms with Crippen molar-refractivity contribution in [1.82, 2.24) is 0 Å². The van der Waals surface area contributed by atoms with Crippen LogP contribution >= 0.6 is 8.58 Å². The molecule has 0 aliphatic heterocycles. The van der Waals surface area contributed by atoms with E-state index in [2.05, 4.69) is 32.9 Å². The van der Waals surface area contributed by atoms with Crippen LogP contribution in [0.1, 0.15) is 60.3 Å². The van der Waals surface area contributed by atoms with Crippen molar-refractivity contribution in [3.8, 4) is 5.75 Å². The molecule has 0 bridgehead atoms. The summed E-state index contributed by atoms with van der Waals surface area (Å²) >= 11 is 0. The molecule has 0 amide bonds. The quantitative estimate of drug-likeness (QED) is 0.435. The summed E-state index contributed by atoms with van der Waals surface area (Å²) in [6.07, 6.45) is 0. The molecule has 0 N–H and O–H groups in total. The molecule has 0 fully saturated rings. The third-order valence-electron chi connectivity index (χ3n) is 4.77. The lowest BCUT2D eigenvalue weighted by atomic mass is 9.84. The van der Waals surface area contributed by atoms with Crippen LogP contribution in [-0.4, -0.2) is 25.3 Å². The normalized spacial score (nSPS) is 12.0. The van der Waals surface area contributed by atoms with Gasteiger partial charge < -0.3 is 9.47 Å². The molecule has 152 valence electrons. The third-order valence-corrected chi connectivity index (χ3v) is 6.08. The van der Waals surface area contributed by atoms with Gasteiger partial charge in [-0.25, -0.2) is 0 Å². The topological polar surface area (TPSA) is 35.5 Å². The van der Waals surface area contributed by atoms with Crippen molar-refractivity contribution in [2.75, 3.05) is 19.8 Å². The molecule has 0 aliphatic rings. The lowest BCUT2D eigenvalue weighted by Gasteiger charge is -2.22. The minimum Gasteiger partial charge on any atom is -0.491 e. The first-order chi connectivity index (χ1) is 13.1. The van der Waals surface area contributed by atoms with Gasteiger partial charge in [-0.2, -0.15) is 0 Å². The summed E-state index contributed by atoms with van der Waals surface area (Å²) in [4.78, 5) is 13.1. The molecule has 28 heavy (non-hydrogen) atoms. The first-order valence-electron chi connectivity index (χ1n) is 9.87. The number of hydrogen-bond acceptors (Lipinski definition) is 3. The van der Waals surface area contributed by atoms with E-state index >= 15 is 0 Å². The lowest BCUT2D eigenvalue weighted by molar-refractivity contribution is 0.108. The van der Waals surface area contributed by atoms with Crippen LogP contribution in [0.2, 0.25) is 0 Å². The summed E-state index contributed by atoms with van der Waals surface area (Å²) in [5.74, 6) is 0.820. The molecule has 0 saturated heterocycles. The number of aryl methyl sites for hydroxylation is 3. The van der Waals surface area contributed by atoms with E-state index in [1.54, 1.807) is 0 Å². The summed E-state index contributed by atoms with van der Waals surface area (Å²) in [6.45, 7) is 16.5. The van der Waals surface area contributed by atoms with Crippen molar-refractivity contribution in [2.45, 2.75) is 53.9 Å². The minimum atomic E-state index is 0.0774. The van der Waals surface area contributed by atoms with Crippen LogP contribution in [0.25, 0.3) is 0 Å². The second-order valence-electron chi connectivity index (χ2n) is 8.21. The highest BCUT2D eigenvalue weighted by molar-refractivity contribution is 7.66. The Hall–Kier alpha value is -1.70. The van der Waals surface area contributed by atoms with Crippen LogP contribution in [0.5, 0.6) is 5.75 Å². The predicted octanol–water partition coefficient (Wildman–Crippen LogP) is 5.47. The predicted molar refractivity (Wildman–Crippen MR) is 120 cm³/mol. The largest absolute Gasteiger partial charge is 0.491 e. The van der Waals surface area contributed by atoms with Crippen LogP contribution in [0.3, 0.4) is 0 Å². The average molecular weight is 400 g/mol. The van der Waals surface area contributed by atoms with Gasteiger partial charge in [-0.3, -0.25) is 4.79 Å². The van der Waals surface area contributed by atoms with Crippen LogP contribution < -0.4 is 10.0 Å². The van der Waals surface area contributed by atoms with Crippen LogP contribution in [-0.2, 0) is 10.2 Å². The van der Waals surface area contributed by atoms with Gasteiger partial charge in [0, 0.05) is 12.2 Å². The molecule has 3 nitrogen and oxygen atoms in total. The molecule has 0 aromatic heterocycles. The van der Waals surface area contributed by atoms with E-state index in [0.29, 0.717) is 19.8 Å². The maximum absolute atomic E-state index is 13.1. The fraction of sp³-hybridized carbons (Fsp3) is 0.458. The van der Waals surface area contributed by atoms with Gasteiger partial charge in [-0.15, -0.1) is 0 Å². The lowest BCUT2D eigenvalue weighted by Crippen LogP contribution is -2.14. The van der Waals surface area contributed by atoms with Crippen LogP contribution in [0.15, 0.2) is 30.3 Å². The van der Waals surface area contributed by atoms with Crippen LogP contribution in [0, 0.1) is 20.8 Å². The van der Waals surface area contributed by atoms with Gasteiger partial charge in [0.15, 0.2) is 5.52 Å². The summed E-state index contributed by atoms with van der Waals surface area (Å²) in [7, 11) is 0.110. The molecule has 4 heteroatoms. The van der Waals surface area contributed by atoms with Gasteiger partial charge in [0.1, 0.15) is 12.4 Å². The Balaban J connectivity index is 2.15. The van der Waals surface area contributed by atoms with Crippen LogP contribution in [0.4, 0.5) is 0 Å². The van der Waals surface area contributed by atoms with Crippen molar-refractivity contribution < 1.29 is 14.3 Å². The molecule has 0 aliphatic carbocycles. The maximum Gasteiger partial charge on any atom is 0.186 e. The Morgan fingerprint density at radius 1 is 0.964 bits per heavy atom. The van der Waals surface area contributed by atoms with Gasteiger partial charge >= 0.3 is 0 Å². The first-order valence-corrected chi connectivity index (χ1v) is 10.9. The highest BCUT2D eigenvalue weighted by Crippen LogP contribution is 2.31. The Labute approximate surface area is 171 Å². The highest BCUT2D eigenvalue weighted by atomic mass is 31.1. The summed E-state index contributed by atoms with van der Waals surface area (Å²) in [5, 5.41) is 1.07. The molecular weight excluding hydrogens is 367 g/mol. The van der Waals surface area contributed by atoms with E-state index < -0.39 is 0 Å². The molecule has 0 saturated carbocycles. The van der Waals surface area contributed by atoms with E-state index in [-0.39, 0.29) is 19.5 Å². The Bertz CT molecular complexity index is 811. The Kier molecular flexibility index (Phi) is 7.80.